The fraction of sp³-hybridized carbons (Fsp3) is 0.171. The van der Waals surface area contributed by atoms with E-state index in [4.69, 9.17) is 9.40 Å². The van der Waals surface area contributed by atoms with Gasteiger partial charge < -0.3 is 8.98 Å². The summed E-state index contributed by atoms with van der Waals surface area (Å²) in [6.45, 7) is 9.05. The molecule has 0 bridgehead atoms. The van der Waals surface area contributed by atoms with Crippen molar-refractivity contribution in [1.82, 2.24) is 9.55 Å². The maximum absolute atomic E-state index is 6.71. The van der Waals surface area contributed by atoms with Gasteiger partial charge in [-0.2, -0.15) is 0 Å². The van der Waals surface area contributed by atoms with Crippen LogP contribution >= 0.6 is 0 Å². The van der Waals surface area contributed by atoms with E-state index >= 15 is 0 Å². The number of imidazole rings is 1. The van der Waals surface area contributed by atoms with Gasteiger partial charge in [-0.25, -0.2) is 0 Å². The molecule has 1 radical (unpaired) electrons. The van der Waals surface area contributed by atoms with Gasteiger partial charge >= 0.3 is 0 Å². The summed E-state index contributed by atoms with van der Waals surface area (Å²) in [5.41, 5.74) is 8.50. The minimum atomic E-state index is 0. The molecule has 195 valence electrons. The van der Waals surface area contributed by atoms with E-state index < -0.39 is 0 Å². The van der Waals surface area contributed by atoms with E-state index in [1.54, 1.807) is 0 Å². The van der Waals surface area contributed by atoms with Crippen molar-refractivity contribution in [2.24, 2.45) is 0 Å². The first kappa shape index (κ1) is 25.6. The SMILES string of the molecule is CC(C)c1cccc(C(C)C)c1-n1c(-c2[c-]ccc3c2oc2c4ccccc4ccc32)nc2ccccc21.[Ir]. The third kappa shape index (κ3) is 3.93. The Labute approximate surface area is 241 Å². The summed E-state index contributed by atoms with van der Waals surface area (Å²) in [5.74, 6) is 1.57. The van der Waals surface area contributed by atoms with Crippen LogP contribution in [-0.2, 0) is 20.1 Å². The van der Waals surface area contributed by atoms with Gasteiger partial charge in [-0.3, -0.25) is 4.98 Å². The van der Waals surface area contributed by atoms with Crippen molar-refractivity contribution in [3.05, 3.63) is 108 Å². The Morgan fingerprint density at radius 3 is 2.15 bits per heavy atom. The van der Waals surface area contributed by atoms with Crippen LogP contribution in [0, 0.1) is 6.07 Å². The molecule has 4 heteroatoms. The van der Waals surface area contributed by atoms with E-state index in [1.165, 1.54) is 22.2 Å². The molecule has 0 saturated heterocycles. The van der Waals surface area contributed by atoms with Crippen LogP contribution in [0.15, 0.2) is 95.4 Å². The van der Waals surface area contributed by atoms with Crippen LogP contribution < -0.4 is 0 Å². The Bertz CT molecular complexity index is 1970. The van der Waals surface area contributed by atoms with Gasteiger partial charge in [-0.05, 0) is 40.5 Å². The van der Waals surface area contributed by atoms with Crippen LogP contribution in [-0.4, -0.2) is 9.55 Å². The number of para-hydroxylation sites is 3. The molecular weight excluding hydrogens is 657 g/mol. The second-order valence-corrected chi connectivity index (χ2v) is 10.7. The van der Waals surface area contributed by atoms with Gasteiger partial charge in [0, 0.05) is 36.6 Å². The molecule has 2 aromatic heterocycles. The molecule has 0 aliphatic heterocycles. The molecule has 0 unspecified atom stereocenters. The molecule has 0 N–H and O–H groups in total. The summed E-state index contributed by atoms with van der Waals surface area (Å²) in [7, 11) is 0. The zero-order valence-electron chi connectivity index (χ0n) is 22.5. The number of furan rings is 1. The van der Waals surface area contributed by atoms with Crippen LogP contribution in [0.1, 0.15) is 50.7 Å². The standard InChI is InChI=1S/C35H29N2O.Ir/c1-21(2)24-13-9-14-25(22(3)4)32(24)37-31-18-8-7-17-30(31)36-35(37)29-16-10-15-27-28-20-19-23-11-5-6-12-26(23)33(28)38-34(27)29;/h5-15,17-22H,1-4H3;/q-1;. The second-order valence-electron chi connectivity index (χ2n) is 10.7. The zero-order chi connectivity index (χ0) is 26.0. The van der Waals surface area contributed by atoms with Gasteiger partial charge in [-0.1, -0.05) is 105 Å². The van der Waals surface area contributed by atoms with Gasteiger partial charge in [0.25, 0.3) is 0 Å². The molecule has 0 fully saturated rings. The zero-order valence-corrected chi connectivity index (χ0v) is 24.8. The number of benzene rings is 5. The number of rotatable bonds is 4. The number of aromatic nitrogens is 2. The molecule has 39 heavy (non-hydrogen) atoms. The summed E-state index contributed by atoms with van der Waals surface area (Å²) >= 11 is 0. The van der Waals surface area contributed by atoms with Crippen molar-refractivity contribution in [3.63, 3.8) is 0 Å². The summed E-state index contributed by atoms with van der Waals surface area (Å²) in [5, 5.41) is 4.48. The number of hydrogen-bond acceptors (Lipinski definition) is 2. The average molecular weight is 686 g/mol. The van der Waals surface area contributed by atoms with Crippen molar-refractivity contribution in [1.29, 1.82) is 0 Å². The summed E-state index contributed by atoms with van der Waals surface area (Å²) in [6, 6.07) is 35.5. The molecule has 2 heterocycles. The normalized spacial score (nSPS) is 11.8. The minimum absolute atomic E-state index is 0. The predicted octanol–water partition coefficient (Wildman–Crippen LogP) is 9.79. The first-order valence-corrected chi connectivity index (χ1v) is 13.4. The third-order valence-electron chi connectivity index (χ3n) is 7.67. The quantitative estimate of drug-likeness (QED) is 0.173. The van der Waals surface area contributed by atoms with Gasteiger partial charge in [0.1, 0.15) is 5.58 Å². The molecule has 5 aromatic carbocycles. The van der Waals surface area contributed by atoms with E-state index in [2.05, 4.69) is 123 Å². The topological polar surface area (TPSA) is 31.0 Å². The number of hydrogen-bond donors (Lipinski definition) is 0. The van der Waals surface area contributed by atoms with Gasteiger partial charge in [0.05, 0.1) is 22.4 Å². The smallest absolute Gasteiger partial charge is 0.128 e. The van der Waals surface area contributed by atoms with Crippen molar-refractivity contribution in [2.45, 2.75) is 39.5 Å². The van der Waals surface area contributed by atoms with Gasteiger partial charge in [-0.15, -0.1) is 18.2 Å². The maximum atomic E-state index is 6.71. The summed E-state index contributed by atoms with van der Waals surface area (Å²) in [4.78, 5) is 5.21. The summed E-state index contributed by atoms with van der Waals surface area (Å²) in [6.07, 6.45) is 0. The predicted molar refractivity (Wildman–Crippen MR) is 158 cm³/mol. The Hall–Kier alpha value is -3.72. The van der Waals surface area contributed by atoms with Crippen molar-refractivity contribution in [3.8, 4) is 17.1 Å². The van der Waals surface area contributed by atoms with Crippen LogP contribution in [0.3, 0.4) is 0 Å². The van der Waals surface area contributed by atoms with Crippen LogP contribution in [0.4, 0.5) is 0 Å². The first-order chi connectivity index (χ1) is 18.5. The Morgan fingerprint density at radius 2 is 1.38 bits per heavy atom. The third-order valence-corrected chi connectivity index (χ3v) is 7.67. The molecular formula is C35H29IrN2O-. The molecule has 7 aromatic rings. The maximum Gasteiger partial charge on any atom is 0.128 e. The monoisotopic (exact) mass is 686 g/mol. The van der Waals surface area contributed by atoms with E-state index in [0.29, 0.717) is 11.8 Å². The van der Waals surface area contributed by atoms with Gasteiger partial charge in [0.2, 0.25) is 0 Å². The number of nitrogens with zero attached hydrogens (tertiary/aromatic N) is 2. The van der Waals surface area contributed by atoms with E-state index in [-0.39, 0.29) is 20.1 Å². The van der Waals surface area contributed by atoms with Crippen molar-refractivity contribution < 1.29 is 24.5 Å². The molecule has 0 amide bonds. The largest absolute Gasteiger partial charge is 0.500 e. The molecule has 0 saturated carbocycles. The fourth-order valence-electron chi connectivity index (χ4n) is 5.83. The molecule has 0 aliphatic rings. The minimum Gasteiger partial charge on any atom is -0.500 e. The van der Waals surface area contributed by atoms with Gasteiger partial charge in [0.15, 0.2) is 0 Å². The first-order valence-electron chi connectivity index (χ1n) is 13.4. The van der Waals surface area contributed by atoms with E-state index in [1.807, 2.05) is 6.07 Å². The van der Waals surface area contributed by atoms with Crippen molar-refractivity contribution in [2.75, 3.05) is 0 Å². The van der Waals surface area contributed by atoms with E-state index in [0.717, 1.165) is 49.7 Å². The van der Waals surface area contributed by atoms with Crippen LogP contribution in [0.5, 0.6) is 0 Å². The summed E-state index contributed by atoms with van der Waals surface area (Å²) < 4.78 is 9.05. The average Bonchev–Trinajstić information content (AvgIpc) is 3.51. The van der Waals surface area contributed by atoms with Crippen LogP contribution in [0.2, 0.25) is 0 Å². The van der Waals surface area contributed by atoms with Crippen LogP contribution in [0.25, 0.3) is 60.8 Å². The van der Waals surface area contributed by atoms with Crippen molar-refractivity contribution >= 4 is 43.7 Å². The molecule has 0 spiro atoms. The molecule has 7 rings (SSSR count). The van der Waals surface area contributed by atoms with E-state index in [9.17, 15) is 0 Å². The fourth-order valence-corrected chi connectivity index (χ4v) is 5.83. The molecule has 0 atom stereocenters. The Kier molecular flexibility index (Phi) is 6.41. The molecule has 0 aliphatic carbocycles. The molecule has 3 nitrogen and oxygen atoms in total. The number of fused-ring (bicyclic) bond motifs is 6. The Morgan fingerprint density at radius 1 is 0.692 bits per heavy atom. The Balaban J connectivity index is 0.00000277. The second kappa shape index (κ2) is 9.79.